The molecule has 1 saturated heterocycles. The van der Waals surface area contributed by atoms with Crippen LogP contribution in [0.2, 0.25) is 0 Å². The van der Waals surface area contributed by atoms with Crippen LogP contribution in [0, 0.1) is 13.8 Å². The van der Waals surface area contributed by atoms with Crippen LogP contribution in [0.25, 0.3) is 0 Å². The molecule has 1 unspecified atom stereocenters. The van der Waals surface area contributed by atoms with Crippen molar-refractivity contribution in [3.05, 3.63) is 17.1 Å². The number of furan rings is 1. The molecule has 0 spiro atoms. The molecular formula is C12H20N2O4S. The average molecular weight is 288 g/mol. The number of hydrogen-bond acceptors (Lipinski definition) is 5. The standard InChI is InChI=1S/C12H20N2O4S/c1-8-11(6-13)12(9(2)18-8)19(15,16)14(3)10-4-5-17-7-10/h10H,4-7,13H2,1-3H3. The van der Waals surface area contributed by atoms with Gasteiger partial charge in [-0.1, -0.05) is 0 Å². The lowest BCUT2D eigenvalue weighted by Crippen LogP contribution is -2.37. The number of nitrogens with two attached hydrogens (primary N) is 1. The van der Waals surface area contributed by atoms with Gasteiger partial charge >= 0.3 is 0 Å². The minimum atomic E-state index is -3.60. The predicted molar refractivity (Wildman–Crippen MR) is 70.2 cm³/mol. The molecule has 0 radical (unpaired) electrons. The Balaban J connectivity index is 2.44. The maximum Gasteiger partial charge on any atom is 0.246 e. The van der Waals surface area contributed by atoms with E-state index < -0.39 is 10.0 Å². The van der Waals surface area contributed by atoms with Crippen LogP contribution in [-0.4, -0.2) is 39.0 Å². The van der Waals surface area contributed by atoms with Crippen LogP contribution >= 0.6 is 0 Å². The molecule has 2 N–H and O–H groups in total. The van der Waals surface area contributed by atoms with Gasteiger partial charge in [-0.25, -0.2) is 8.42 Å². The van der Waals surface area contributed by atoms with E-state index in [9.17, 15) is 8.42 Å². The van der Waals surface area contributed by atoms with E-state index in [-0.39, 0.29) is 17.5 Å². The zero-order chi connectivity index (χ0) is 14.2. The Morgan fingerprint density at radius 1 is 1.37 bits per heavy atom. The van der Waals surface area contributed by atoms with E-state index in [2.05, 4.69) is 0 Å². The summed E-state index contributed by atoms with van der Waals surface area (Å²) in [6.45, 7) is 4.55. The average Bonchev–Trinajstić information content (AvgIpc) is 2.95. The lowest BCUT2D eigenvalue weighted by Gasteiger charge is -2.22. The van der Waals surface area contributed by atoms with E-state index in [4.69, 9.17) is 14.9 Å². The van der Waals surface area contributed by atoms with E-state index in [0.717, 1.165) is 0 Å². The van der Waals surface area contributed by atoms with Crippen molar-refractivity contribution in [3.63, 3.8) is 0 Å². The van der Waals surface area contributed by atoms with Crippen molar-refractivity contribution in [2.45, 2.75) is 37.8 Å². The SMILES string of the molecule is Cc1oc(C)c(S(=O)(=O)N(C)C2CCOC2)c1CN. The monoisotopic (exact) mass is 288 g/mol. The van der Waals surface area contributed by atoms with Crippen molar-refractivity contribution in [3.8, 4) is 0 Å². The smallest absolute Gasteiger partial charge is 0.246 e. The minimum absolute atomic E-state index is 0.120. The maximum absolute atomic E-state index is 12.7. The molecule has 0 saturated carbocycles. The molecular weight excluding hydrogens is 268 g/mol. The first-order valence-corrected chi connectivity index (χ1v) is 7.68. The molecule has 6 nitrogen and oxygen atoms in total. The molecule has 108 valence electrons. The lowest BCUT2D eigenvalue weighted by atomic mass is 10.2. The van der Waals surface area contributed by atoms with Gasteiger partial charge in [0.05, 0.1) is 12.6 Å². The molecule has 19 heavy (non-hydrogen) atoms. The fraction of sp³-hybridized carbons (Fsp3) is 0.667. The number of aryl methyl sites for hydroxylation is 2. The zero-order valence-electron chi connectivity index (χ0n) is 11.5. The van der Waals surface area contributed by atoms with Gasteiger partial charge in [0.15, 0.2) is 0 Å². The van der Waals surface area contributed by atoms with Crippen LogP contribution in [0.3, 0.4) is 0 Å². The Morgan fingerprint density at radius 2 is 2.05 bits per heavy atom. The highest BCUT2D eigenvalue weighted by molar-refractivity contribution is 7.89. The summed E-state index contributed by atoms with van der Waals surface area (Å²) < 4.78 is 37.4. The maximum atomic E-state index is 12.7. The Morgan fingerprint density at radius 3 is 2.58 bits per heavy atom. The summed E-state index contributed by atoms with van der Waals surface area (Å²) in [5.74, 6) is 0.957. The molecule has 0 aliphatic carbocycles. The first kappa shape index (κ1) is 14.5. The molecule has 1 fully saturated rings. The Hall–Kier alpha value is -0.890. The summed E-state index contributed by atoms with van der Waals surface area (Å²) in [5.41, 5.74) is 6.21. The molecule has 1 aromatic rings. The molecule has 2 rings (SSSR count). The highest BCUT2D eigenvalue weighted by Crippen LogP contribution is 2.30. The molecule has 0 amide bonds. The van der Waals surface area contributed by atoms with Gasteiger partial charge in [-0.3, -0.25) is 0 Å². The Labute approximate surface area is 113 Å². The third-order valence-electron chi connectivity index (χ3n) is 3.59. The molecule has 2 heterocycles. The highest BCUT2D eigenvalue weighted by Gasteiger charge is 2.35. The van der Waals surface area contributed by atoms with Gasteiger partial charge in [-0.05, 0) is 20.3 Å². The van der Waals surface area contributed by atoms with E-state index in [0.29, 0.717) is 36.7 Å². The van der Waals surface area contributed by atoms with E-state index >= 15 is 0 Å². The minimum Gasteiger partial charge on any atom is -0.465 e. The number of rotatable bonds is 4. The van der Waals surface area contributed by atoms with E-state index in [1.54, 1.807) is 20.9 Å². The van der Waals surface area contributed by atoms with Gasteiger partial charge in [0, 0.05) is 25.8 Å². The predicted octanol–water partition coefficient (Wildman–Crippen LogP) is 0.765. The second kappa shape index (κ2) is 5.24. The quantitative estimate of drug-likeness (QED) is 0.884. The Kier molecular flexibility index (Phi) is 4.00. The molecule has 0 bridgehead atoms. The second-order valence-corrected chi connectivity index (χ2v) is 6.70. The van der Waals surface area contributed by atoms with Gasteiger partial charge < -0.3 is 14.9 Å². The largest absolute Gasteiger partial charge is 0.465 e. The van der Waals surface area contributed by atoms with Crippen LogP contribution in [0.1, 0.15) is 23.5 Å². The van der Waals surface area contributed by atoms with E-state index in [1.807, 2.05) is 0 Å². The van der Waals surface area contributed by atoms with Gasteiger partial charge in [0.25, 0.3) is 0 Å². The zero-order valence-corrected chi connectivity index (χ0v) is 12.3. The molecule has 1 atom stereocenters. The van der Waals surface area contributed by atoms with Gasteiger partial charge in [0.1, 0.15) is 16.4 Å². The topological polar surface area (TPSA) is 85.8 Å². The highest BCUT2D eigenvalue weighted by atomic mass is 32.2. The summed E-state index contributed by atoms with van der Waals surface area (Å²) in [6.07, 6.45) is 0.712. The second-order valence-electron chi connectivity index (χ2n) is 4.76. The molecule has 7 heteroatoms. The first-order chi connectivity index (χ1) is 8.89. The molecule has 0 aromatic carbocycles. The van der Waals surface area contributed by atoms with Gasteiger partial charge in [-0.2, -0.15) is 4.31 Å². The van der Waals surface area contributed by atoms with Crippen molar-refractivity contribution in [1.82, 2.24) is 4.31 Å². The van der Waals surface area contributed by atoms with Crippen LogP contribution in [0.5, 0.6) is 0 Å². The summed E-state index contributed by atoms with van der Waals surface area (Å²) >= 11 is 0. The number of hydrogen-bond donors (Lipinski definition) is 1. The molecule has 1 aliphatic heterocycles. The summed E-state index contributed by atoms with van der Waals surface area (Å²) in [6, 6.07) is -0.120. The van der Waals surface area contributed by atoms with Gasteiger partial charge in [0.2, 0.25) is 10.0 Å². The molecule has 1 aromatic heterocycles. The summed E-state index contributed by atoms with van der Waals surface area (Å²) in [4.78, 5) is 0.210. The third-order valence-corrected chi connectivity index (χ3v) is 5.69. The first-order valence-electron chi connectivity index (χ1n) is 6.24. The fourth-order valence-corrected chi connectivity index (χ4v) is 4.22. The van der Waals surface area contributed by atoms with Crippen LogP contribution < -0.4 is 5.73 Å². The van der Waals surface area contributed by atoms with Crippen molar-refractivity contribution < 1.29 is 17.6 Å². The number of nitrogens with zero attached hydrogens (tertiary/aromatic N) is 1. The molecule has 1 aliphatic rings. The lowest BCUT2D eigenvalue weighted by molar-refractivity contribution is 0.181. The van der Waals surface area contributed by atoms with Gasteiger partial charge in [-0.15, -0.1) is 0 Å². The number of likely N-dealkylation sites (N-methyl/N-ethyl adjacent to an activating group) is 1. The number of sulfonamides is 1. The Bertz CT molecular complexity index is 559. The summed E-state index contributed by atoms with van der Waals surface area (Å²) in [7, 11) is -2.02. The van der Waals surface area contributed by atoms with Crippen molar-refractivity contribution in [2.24, 2.45) is 5.73 Å². The van der Waals surface area contributed by atoms with Crippen LogP contribution in [-0.2, 0) is 21.3 Å². The normalized spacial score (nSPS) is 20.4. The fourth-order valence-electron chi connectivity index (χ4n) is 2.43. The van der Waals surface area contributed by atoms with Crippen molar-refractivity contribution in [2.75, 3.05) is 20.3 Å². The summed E-state index contributed by atoms with van der Waals surface area (Å²) in [5, 5.41) is 0. The van der Waals surface area contributed by atoms with E-state index in [1.165, 1.54) is 4.31 Å². The van der Waals surface area contributed by atoms with Crippen LogP contribution in [0.15, 0.2) is 9.31 Å². The third kappa shape index (κ3) is 2.43. The number of ether oxygens (including phenoxy) is 1. The van der Waals surface area contributed by atoms with Crippen LogP contribution in [0.4, 0.5) is 0 Å². The van der Waals surface area contributed by atoms with Crippen molar-refractivity contribution in [1.29, 1.82) is 0 Å². The van der Waals surface area contributed by atoms with Crippen molar-refractivity contribution >= 4 is 10.0 Å².